The van der Waals surface area contributed by atoms with Crippen LogP contribution in [0.2, 0.25) is 0 Å². The second kappa shape index (κ2) is 8.37. The number of carbonyl (C=O) groups is 3. The molecular weight excluding hydrogens is 452 g/mol. The third-order valence-electron chi connectivity index (χ3n) is 5.57. The molecule has 1 heterocycles. The minimum absolute atomic E-state index is 0.0325. The van der Waals surface area contributed by atoms with Crippen LogP contribution in [-0.2, 0) is 14.8 Å². The highest BCUT2D eigenvalue weighted by Crippen LogP contribution is 2.32. The van der Waals surface area contributed by atoms with Gasteiger partial charge in [0.2, 0.25) is 15.9 Å². The van der Waals surface area contributed by atoms with Gasteiger partial charge in [-0.05, 0) is 50.1 Å². The number of nitrogens with zero attached hydrogens (tertiary/aromatic N) is 3. The average Bonchev–Trinajstić information content (AvgIpc) is 3.00. The van der Waals surface area contributed by atoms with Crippen molar-refractivity contribution in [3.8, 4) is 0 Å². The van der Waals surface area contributed by atoms with Crippen LogP contribution in [0.1, 0.15) is 38.8 Å². The fourth-order valence-corrected chi connectivity index (χ4v) is 4.47. The molecule has 2 aromatic rings. The lowest BCUT2D eigenvalue weighted by atomic mass is 10.1. The number of hydrogen-bond acceptors (Lipinski definition) is 7. The number of fused-ring (bicyclic) bond motifs is 1. The van der Waals surface area contributed by atoms with E-state index in [-0.39, 0.29) is 21.7 Å². The van der Waals surface area contributed by atoms with E-state index < -0.39 is 44.4 Å². The standard InChI is InChI=1S/C21H22N4O7S/c1-11-9-14(33(31,32)23(4)5)10-16(12(11)2)22-19(26)13(3)24-20(27)15-7-6-8-17(25(29)30)18(15)21(24)28/h6-10,13H,1-5H3,(H,22,26)/t13-/m0/s1. The predicted molar refractivity (Wildman–Crippen MR) is 118 cm³/mol. The van der Waals surface area contributed by atoms with Gasteiger partial charge in [0.05, 0.1) is 15.4 Å². The molecule has 0 unspecified atom stereocenters. The minimum atomic E-state index is -3.78. The summed E-state index contributed by atoms with van der Waals surface area (Å²) in [5.74, 6) is -2.52. The molecule has 174 valence electrons. The Labute approximate surface area is 190 Å². The Bertz CT molecular complexity index is 1320. The Morgan fingerprint density at radius 2 is 1.79 bits per heavy atom. The lowest BCUT2D eigenvalue weighted by Gasteiger charge is -2.23. The molecule has 3 rings (SSSR count). The summed E-state index contributed by atoms with van der Waals surface area (Å²) >= 11 is 0. The number of sulfonamides is 1. The number of imide groups is 1. The third kappa shape index (κ3) is 3.98. The van der Waals surface area contributed by atoms with Gasteiger partial charge in [-0.2, -0.15) is 0 Å². The normalized spacial score (nSPS) is 14.4. The van der Waals surface area contributed by atoms with Crippen LogP contribution in [0.5, 0.6) is 0 Å². The quantitative estimate of drug-likeness (QED) is 0.383. The maximum absolute atomic E-state index is 13.0. The van der Waals surface area contributed by atoms with E-state index in [4.69, 9.17) is 0 Å². The molecule has 0 saturated carbocycles. The molecule has 0 radical (unpaired) electrons. The summed E-state index contributed by atoms with van der Waals surface area (Å²) in [6.07, 6.45) is 0. The van der Waals surface area contributed by atoms with E-state index in [0.717, 1.165) is 10.4 Å². The first-order valence-electron chi connectivity index (χ1n) is 9.79. The monoisotopic (exact) mass is 474 g/mol. The Hall–Kier alpha value is -3.64. The van der Waals surface area contributed by atoms with Crippen molar-refractivity contribution in [2.45, 2.75) is 31.7 Å². The highest BCUT2D eigenvalue weighted by Gasteiger charge is 2.45. The van der Waals surface area contributed by atoms with Crippen molar-refractivity contribution in [3.63, 3.8) is 0 Å². The topological polar surface area (TPSA) is 147 Å². The first-order valence-corrected chi connectivity index (χ1v) is 11.2. The van der Waals surface area contributed by atoms with E-state index in [9.17, 15) is 32.9 Å². The SMILES string of the molecule is Cc1cc(S(=O)(=O)N(C)C)cc(NC(=O)[C@H](C)N2C(=O)c3cccc([N+](=O)[O-])c3C2=O)c1C. The number of hydrogen-bond donors (Lipinski definition) is 1. The Kier molecular flexibility index (Phi) is 6.09. The summed E-state index contributed by atoms with van der Waals surface area (Å²) in [6.45, 7) is 4.69. The first kappa shape index (κ1) is 24.0. The number of nitrogens with one attached hydrogen (secondary N) is 1. The Morgan fingerprint density at radius 3 is 2.36 bits per heavy atom. The van der Waals surface area contributed by atoms with Gasteiger partial charge in [0.1, 0.15) is 11.6 Å². The molecule has 1 atom stereocenters. The summed E-state index contributed by atoms with van der Waals surface area (Å²) in [5, 5.41) is 13.9. The largest absolute Gasteiger partial charge is 0.324 e. The Morgan fingerprint density at radius 1 is 1.15 bits per heavy atom. The van der Waals surface area contributed by atoms with Gasteiger partial charge in [0, 0.05) is 25.8 Å². The molecule has 1 aliphatic heterocycles. The van der Waals surface area contributed by atoms with Gasteiger partial charge in [0.25, 0.3) is 17.5 Å². The molecule has 0 bridgehead atoms. The van der Waals surface area contributed by atoms with Crippen LogP contribution in [0.25, 0.3) is 0 Å². The number of benzene rings is 2. The van der Waals surface area contributed by atoms with Crippen molar-refractivity contribution in [2.75, 3.05) is 19.4 Å². The summed E-state index contributed by atoms with van der Waals surface area (Å²) < 4.78 is 26.1. The number of nitro benzene ring substituents is 1. The average molecular weight is 474 g/mol. The molecule has 1 N–H and O–H groups in total. The number of nitro groups is 1. The van der Waals surface area contributed by atoms with Crippen LogP contribution in [0, 0.1) is 24.0 Å². The number of carbonyl (C=O) groups excluding carboxylic acids is 3. The molecule has 11 nitrogen and oxygen atoms in total. The van der Waals surface area contributed by atoms with Crippen LogP contribution in [0.4, 0.5) is 11.4 Å². The zero-order chi connectivity index (χ0) is 24.8. The maximum Gasteiger partial charge on any atom is 0.282 e. The number of amides is 3. The molecule has 2 aromatic carbocycles. The van der Waals surface area contributed by atoms with Crippen LogP contribution in [-0.4, -0.2) is 60.4 Å². The molecule has 3 amide bonds. The second-order valence-electron chi connectivity index (χ2n) is 7.80. The minimum Gasteiger partial charge on any atom is -0.324 e. The lowest BCUT2D eigenvalue weighted by Crippen LogP contribution is -2.45. The van der Waals surface area contributed by atoms with Crippen molar-refractivity contribution < 1.29 is 27.7 Å². The van der Waals surface area contributed by atoms with E-state index in [0.29, 0.717) is 16.0 Å². The smallest absolute Gasteiger partial charge is 0.282 e. The summed E-state index contributed by atoms with van der Waals surface area (Å²) in [5.41, 5.74) is 0.380. The molecule has 1 aliphatic rings. The molecular formula is C21H22N4O7S. The molecule has 0 aliphatic carbocycles. The molecule has 33 heavy (non-hydrogen) atoms. The fraction of sp³-hybridized carbons (Fsp3) is 0.286. The van der Waals surface area contributed by atoms with E-state index in [2.05, 4.69) is 5.32 Å². The zero-order valence-corrected chi connectivity index (χ0v) is 19.4. The van der Waals surface area contributed by atoms with Crippen molar-refractivity contribution in [2.24, 2.45) is 0 Å². The van der Waals surface area contributed by atoms with E-state index in [1.54, 1.807) is 13.8 Å². The number of anilines is 1. The first-order chi connectivity index (χ1) is 15.3. The van der Waals surface area contributed by atoms with Gasteiger partial charge in [-0.25, -0.2) is 12.7 Å². The molecule has 0 saturated heterocycles. The van der Waals surface area contributed by atoms with Gasteiger partial charge in [0.15, 0.2) is 0 Å². The highest BCUT2D eigenvalue weighted by molar-refractivity contribution is 7.89. The van der Waals surface area contributed by atoms with Crippen molar-refractivity contribution in [3.05, 3.63) is 62.7 Å². The Balaban J connectivity index is 1.94. The maximum atomic E-state index is 13.0. The second-order valence-corrected chi connectivity index (χ2v) is 9.95. The van der Waals surface area contributed by atoms with Crippen LogP contribution < -0.4 is 5.32 Å². The van der Waals surface area contributed by atoms with Crippen molar-refractivity contribution in [1.82, 2.24) is 9.21 Å². The van der Waals surface area contributed by atoms with Gasteiger partial charge in [-0.3, -0.25) is 29.4 Å². The van der Waals surface area contributed by atoms with Gasteiger partial charge in [-0.15, -0.1) is 0 Å². The van der Waals surface area contributed by atoms with Gasteiger partial charge < -0.3 is 5.32 Å². The van der Waals surface area contributed by atoms with Gasteiger partial charge >= 0.3 is 0 Å². The van der Waals surface area contributed by atoms with Crippen molar-refractivity contribution in [1.29, 1.82) is 0 Å². The summed E-state index contributed by atoms with van der Waals surface area (Å²) in [6, 6.07) is 5.16. The van der Waals surface area contributed by atoms with Gasteiger partial charge in [-0.1, -0.05) is 6.07 Å². The summed E-state index contributed by atoms with van der Waals surface area (Å²) in [7, 11) is -1.02. The molecule has 12 heteroatoms. The van der Waals surface area contributed by atoms with E-state index in [1.165, 1.54) is 45.3 Å². The van der Waals surface area contributed by atoms with E-state index in [1.807, 2.05) is 0 Å². The van der Waals surface area contributed by atoms with Crippen LogP contribution >= 0.6 is 0 Å². The van der Waals surface area contributed by atoms with Crippen LogP contribution in [0.3, 0.4) is 0 Å². The van der Waals surface area contributed by atoms with E-state index >= 15 is 0 Å². The molecule has 0 spiro atoms. The highest BCUT2D eigenvalue weighted by atomic mass is 32.2. The number of aryl methyl sites for hydroxylation is 1. The molecule has 0 fully saturated rings. The molecule has 0 aromatic heterocycles. The number of rotatable bonds is 6. The zero-order valence-electron chi connectivity index (χ0n) is 18.6. The lowest BCUT2D eigenvalue weighted by molar-refractivity contribution is -0.385. The predicted octanol–water partition coefficient (Wildman–Crippen LogP) is 2.09. The van der Waals surface area contributed by atoms with Crippen LogP contribution in [0.15, 0.2) is 35.2 Å². The van der Waals surface area contributed by atoms with Crippen molar-refractivity contribution >= 4 is 39.1 Å². The third-order valence-corrected chi connectivity index (χ3v) is 7.36. The fourth-order valence-electron chi connectivity index (χ4n) is 3.46. The summed E-state index contributed by atoms with van der Waals surface area (Å²) in [4.78, 5) is 49.7.